The third kappa shape index (κ3) is 7.19. The number of hydrogen-bond donors (Lipinski definition) is 1. The van der Waals surface area contributed by atoms with Crippen molar-refractivity contribution < 1.29 is 13.6 Å². The second-order valence-electron chi connectivity index (χ2n) is 6.62. The van der Waals surface area contributed by atoms with Crippen LogP contribution in [0.4, 0.5) is 14.5 Å². The van der Waals surface area contributed by atoms with Gasteiger partial charge in [-0.3, -0.25) is 4.79 Å². The smallest absolute Gasteiger partial charge is 0.234 e. The van der Waals surface area contributed by atoms with E-state index >= 15 is 0 Å². The molecule has 0 saturated carbocycles. The number of halogens is 5. The average Bonchev–Trinajstić information content (AvgIpc) is 3.13. The van der Waals surface area contributed by atoms with Crippen molar-refractivity contribution in [2.24, 2.45) is 0 Å². The number of benzene rings is 2. The molecule has 3 aromatic rings. The summed E-state index contributed by atoms with van der Waals surface area (Å²) in [6.07, 6.45) is 1.71. The van der Waals surface area contributed by atoms with E-state index in [9.17, 15) is 13.6 Å². The van der Waals surface area contributed by atoms with Crippen LogP contribution in [0.2, 0.25) is 10.0 Å². The van der Waals surface area contributed by atoms with Gasteiger partial charge >= 0.3 is 0 Å². The number of hydrogen-bond acceptors (Lipinski definition) is 5. The van der Waals surface area contributed by atoms with E-state index in [0.29, 0.717) is 39.3 Å². The van der Waals surface area contributed by atoms with Gasteiger partial charge in [0.1, 0.15) is 11.6 Å². The van der Waals surface area contributed by atoms with E-state index in [1.165, 1.54) is 0 Å². The lowest BCUT2D eigenvalue weighted by atomic mass is 10.2. The molecule has 1 aromatic heterocycles. The molecule has 0 aliphatic carbocycles. The fourth-order valence-corrected chi connectivity index (χ4v) is 5.21. The number of nitrogens with zero attached hydrogens (tertiary/aromatic N) is 3. The molecule has 0 radical (unpaired) electrons. The zero-order valence-electron chi connectivity index (χ0n) is 17.0. The van der Waals surface area contributed by atoms with E-state index in [4.69, 9.17) is 23.2 Å². The molecule has 0 spiro atoms. The van der Waals surface area contributed by atoms with Crippen LogP contribution in [0.15, 0.2) is 52.6 Å². The number of allylic oxidation sites excluding steroid dienone is 1. The molecule has 1 heterocycles. The van der Waals surface area contributed by atoms with Crippen LogP contribution in [0.3, 0.4) is 0 Å². The Balaban J connectivity index is 1.60. The minimum absolute atomic E-state index is 0.0328. The van der Waals surface area contributed by atoms with Crippen molar-refractivity contribution in [3.63, 3.8) is 0 Å². The number of amides is 1. The standard InChI is InChI=1S/C21H17BrCl2F2N4OS2/c1-2-5-30-18(10-32-9-12-3-4-15(23)16(24)6-12)28-29-21(30)33-11-19(31)27-20-14(22)7-13(25)8-17(20)26/h2-4,6-8H,1,5,9-11H2,(H,27,31). The Bertz CT molecular complexity index is 1160. The summed E-state index contributed by atoms with van der Waals surface area (Å²) in [6.45, 7) is 4.23. The lowest BCUT2D eigenvalue weighted by Gasteiger charge is -2.10. The van der Waals surface area contributed by atoms with E-state index in [1.807, 2.05) is 16.7 Å². The fourth-order valence-electron chi connectivity index (χ4n) is 2.70. The van der Waals surface area contributed by atoms with Gasteiger partial charge in [-0.1, -0.05) is 47.1 Å². The highest BCUT2D eigenvalue weighted by Crippen LogP contribution is 2.28. The monoisotopic (exact) mass is 592 g/mol. The highest BCUT2D eigenvalue weighted by Gasteiger charge is 2.16. The first-order valence-electron chi connectivity index (χ1n) is 9.40. The van der Waals surface area contributed by atoms with E-state index in [1.54, 1.807) is 23.9 Å². The van der Waals surface area contributed by atoms with E-state index in [0.717, 1.165) is 29.2 Å². The van der Waals surface area contributed by atoms with E-state index in [-0.39, 0.29) is 15.9 Å². The van der Waals surface area contributed by atoms with Crippen molar-refractivity contribution in [2.45, 2.75) is 23.2 Å². The van der Waals surface area contributed by atoms with Gasteiger partial charge < -0.3 is 9.88 Å². The van der Waals surface area contributed by atoms with Crippen molar-refractivity contribution in [3.8, 4) is 0 Å². The van der Waals surface area contributed by atoms with Gasteiger partial charge in [0, 0.05) is 22.8 Å². The number of aromatic nitrogens is 3. The summed E-state index contributed by atoms with van der Waals surface area (Å²) in [5.41, 5.74) is 0.920. The average molecular weight is 594 g/mol. The highest BCUT2D eigenvalue weighted by atomic mass is 79.9. The maximum Gasteiger partial charge on any atom is 0.234 e. The first-order valence-corrected chi connectivity index (χ1v) is 13.1. The van der Waals surface area contributed by atoms with Crippen molar-refractivity contribution in [2.75, 3.05) is 11.1 Å². The summed E-state index contributed by atoms with van der Waals surface area (Å²) >= 11 is 17.9. The van der Waals surface area contributed by atoms with Crippen LogP contribution in [0, 0.1) is 11.6 Å². The molecular weight excluding hydrogens is 577 g/mol. The number of carbonyl (C=O) groups is 1. The first-order chi connectivity index (χ1) is 15.8. The van der Waals surface area contributed by atoms with Gasteiger partial charge in [-0.15, -0.1) is 28.5 Å². The Morgan fingerprint density at radius 1 is 1.18 bits per heavy atom. The highest BCUT2D eigenvalue weighted by molar-refractivity contribution is 9.10. The number of carbonyl (C=O) groups excluding carboxylic acids is 1. The van der Waals surface area contributed by atoms with Gasteiger partial charge in [-0.05, 0) is 39.7 Å². The van der Waals surface area contributed by atoms with Crippen LogP contribution in [0.1, 0.15) is 11.4 Å². The Labute approximate surface area is 216 Å². The van der Waals surface area contributed by atoms with E-state index < -0.39 is 17.5 Å². The van der Waals surface area contributed by atoms with Gasteiger partial charge in [0.25, 0.3) is 0 Å². The molecule has 33 heavy (non-hydrogen) atoms. The van der Waals surface area contributed by atoms with Crippen LogP contribution < -0.4 is 5.32 Å². The second-order valence-corrected chi connectivity index (χ2v) is 10.2. The lowest BCUT2D eigenvalue weighted by Crippen LogP contribution is -2.16. The maximum absolute atomic E-state index is 13.9. The predicted octanol–water partition coefficient (Wildman–Crippen LogP) is 6.98. The summed E-state index contributed by atoms with van der Waals surface area (Å²) in [4.78, 5) is 12.3. The van der Waals surface area contributed by atoms with Crippen molar-refractivity contribution >= 4 is 74.3 Å². The normalized spacial score (nSPS) is 10.9. The number of rotatable bonds is 10. The van der Waals surface area contributed by atoms with Crippen LogP contribution >= 0.6 is 62.7 Å². The molecule has 2 aromatic carbocycles. The fraction of sp³-hybridized carbons (Fsp3) is 0.190. The molecule has 0 aliphatic heterocycles. The van der Waals surface area contributed by atoms with Gasteiger partial charge in [-0.25, -0.2) is 8.78 Å². The molecule has 0 saturated heterocycles. The molecule has 1 N–H and O–H groups in total. The third-order valence-electron chi connectivity index (χ3n) is 4.19. The van der Waals surface area contributed by atoms with Crippen molar-refractivity contribution in [1.82, 2.24) is 14.8 Å². The summed E-state index contributed by atoms with van der Waals surface area (Å²) in [6, 6.07) is 7.28. The summed E-state index contributed by atoms with van der Waals surface area (Å²) < 4.78 is 29.1. The topological polar surface area (TPSA) is 59.8 Å². The quantitative estimate of drug-likeness (QED) is 0.203. The molecular formula is C21H17BrCl2F2N4OS2. The van der Waals surface area contributed by atoms with Crippen molar-refractivity contribution in [1.29, 1.82) is 0 Å². The number of nitrogens with one attached hydrogen (secondary N) is 1. The molecule has 0 atom stereocenters. The summed E-state index contributed by atoms with van der Waals surface area (Å²) in [7, 11) is 0. The Morgan fingerprint density at radius 3 is 2.67 bits per heavy atom. The molecule has 1 amide bonds. The molecule has 0 fully saturated rings. The summed E-state index contributed by atoms with van der Waals surface area (Å²) in [5.74, 6) is -0.0764. The van der Waals surface area contributed by atoms with Crippen molar-refractivity contribution in [3.05, 3.63) is 80.5 Å². The zero-order chi connectivity index (χ0) is 24.0. The minimum Gasteiger partial charge on any atom is -0.322 e. The van der Waals surface area contributed by atoms with Crippen LogP contribution in [-0.4, -0.2) is 26.4 Å². The predicted molar refractivity (Wildman–Crippen MR) is 135 cm³/mol. The number of thioether (sulfide) groups is 2. The van der Waals surface area contributed by atoms with Gasteiger partial charge in [0.15, 0.2) is 11.0 Å². The van der Waals surface area contributed by atoms with Gasteiger partial charge in [-0.2, -0.15) is 0 Å². The summed E-state index contributed by atoms with van der Waals surface area (Å²) in [5, 5.41) is 12.4. The third-order valence-corrected chi connectivity index (χ3v) is 7.52. The Hall–Kier alpha value is -1.59. The largest absolute Gasteiger partial charge is 0.322 e. The zero-order valence-corrected chi connectivity index (χ0v) is 21.7. The Kier molecular flexibility index (Phi) is 9.63. The molecule has 3 rings (SSSR count). The minimum atomic E-state index is -0.865. The second kappa shape index (κ2) is 12.2. The van der Waals surface area contributed by atoms with Gasteiger partial charge in [0.05, 0.1) is 27.2 Å². The molecule has 5 nitrogen and oxygen atoms in total. The maximum atomic E-state index is 13.9. The Morgan fingerprint density at radius 2 is 1.97 bits per heavy atom. The van der Waals surface area contributed by atoms with Crippen LogP contribution in [0.25, 0.3) is 0 Å². The SMILES string of the molecule is C=CCn1c(CSCc2ccc(Cl)c(Cl)c2)nnc1SCC(=O)Nc1c(F)cc(F)cc1Br. The molecule has 174 valence electrons. The van der Waals surface area contributed by atoms with Gasteiger partial charge in [0.2, 0.25) is 5.91 Å². The van der Waals surface area contributed by atoms with Crippen LogP contribution in [0.5, 0.6) is 0 Å². The lowest BCUT2D eigenvalue weighted by molar-refractivity contribution is -0.113. The molecule has 0 unspecified atom stereocenters. The number of anilines is 1. The van der Waals surface area contributed by atoms with E-state index in [2.05, 4.69) is 38.0 Å². The first kappa shape index (κ1) is 26.0. The molecule has 0 aliphatic rings. The van der Waals surface area contributed by atoms with Crippen LogP contribution in [-0.2, 0) is 22.8 Å². The molecule has 0 bridgehead atoms. The molecule has 12 heteroatoms.